The van der Waals surface area contributed by atoms with Gasteiger partial charge in [0.25, 0.3) is 6.43 Å². The quantitative estimate of drug-likeness (QED) is 0.464. The van der Waals surface area contributed by atoms with Crippen molar-refractivity contribution >= 4 is 11.6 Å². The molecule has 21 heavy (non-hydrogen) atoms. The first-order valence-electron chi connectivity index (χ1n) is 7.76. The van der Waals surface area contributed by atoms with Crippen LogP contribution >= 0.6 is 11.6 Å². The molecule has 2 rings (SSSR count). The van der Waals surface area contributed by atoms with Crippen LogP contribution in [0.3, 0.4) is 0 Å². The molecule has 1 fully saturated rings. The van der Waals surface area contributed by atoms with Gasteiger partial charge in [-0.1, -0.05) is 43.5 Å². The number of alkyl halides is 3. The largest absolute Gasteiger partial charge is 0.375 e. The Morgan fingerprint density at radius 3 is 2.38 bits per heavy atom. The highest BCUT2D eigenvalue weighted by molar-refractivity contribution is 6.20. The average molecular weight is 317 g/mol. The summed E-state index contributed by atoms with van der Waals surface area (Å²) >= 11 is 6.29. The molecule has 0 amide bonds. The fraction of sp³-hybridized carbons (Fsp3) is 0.647. The first kappa shape index (κ1) is 16.7. The lowest BCUT2D eigenvalue weighted by Gasteiger charge is -2.22. The Kier molecular flexibility index (Phi) is 6.91. The van der Waals surface area contributed by atoms with Gasteiger partial charge in [-0.3, -0.25) is 0 Å². The van der Waals surface area contributed by atoms with Crippen LogP contribution in [-0.4, -0.2) is 19.6 Å². The predicted molar refractivity (Wildman–Crippen MR) is 82.3 cm³/mol. The maximum Gasteiger partial charge on any atom is 0.261 e. The second kappa shape index (κ2) is 8.70. The molecule has 4 heteroatoms. The fourth-order valence-electron chi connectivity index (χ4n) is 2.94. The van der Waals surface area contributed by atoms with Crippen molar-refractivity contribution in [2.75, 3.05) is 13.2 Å². The smallest absolute Gasteiger partial charge is 0.261 e. The number of benzene rings is 1. The SMILES string of the molecule is FC(F)COCCC(Cl)c1ccc(C2CCCCC2)cc1. The Balaban J connectivity index is 1.80. The lowest BCUT2D eigenvalue weighted by Crippen LogP contribution is -2.07. The van der Waals surface area contributed by atoms with Crippen LogP contribution in [0.1, 0.15) is 60.9 Å². The summed E-state index contributed by atoms with van der Waals surface area (Å²) in [6.45, 7) is -0.243. The van der Waals surface area contributed by atoms with Crippen molar-refractivity contribution in [1.29, 1.82) is 0 Å². The van der Waals surface area contributed by atoms with Crippen molar-refractivity contribution < 1.29 is 13.5 Å². The Labute approximate surface area is 130 Å². The molecule has 1 aromatic carbocycles. The number of hydrogen-bond donors (Lipinski definition) is 0. The van der Waals surface area contributed by atoms with Crippen molar-refractivity contribution in [3.63, 3.8) is 0 Å². The van der Waals surface area contributed by atoms with Crippen LogP contribution in [0.15, 0.2) is 24.3 Å². The summed E-state index contributed by atoms with van der Waals surface area (Å²) in [5, 5.41) is -0.178. The van der Waals surface area contributed by atoms with Crippen LogP contribution in [-0.2, 0) is 4.74 Å². The summed E-state index contributed by atoms with van der Waals surface area (Å²) in [4.78, 5) is 0. The van der Waals surface area contributed by atoms with Gasteiger partial charge in [-0.25, -0.2) is 8.78 Å². The van der Waals surface area contributed by atoms with Crippen molar-refractivity contribution in [1.82, 2.24) is 0 Å². The van der Waals surface area contributed by atoms with Crippen LogP contribution in [0.2, 0.25) is 0 Å². The minimum atomic E-state index is -2.41. The normalized spacial score (nSPS) is 18.1. The van der Waals surface area contributed by atoms with Crippen molar-refractivity contribution in [3.8, 4) is 0 Å². The third kappa shape index (κ3) is 5.55. The van der Waals surface area contributed by atoms with Crippen LogP contribution in [0.4, 0.5) is 8.78 Å². The van der Waals surface area contributed by atoms with Gasteiger partial charge in [0.15, 0.2) is 0 Å². The maximum atomic E-state index is 11.9. The number of ether oxygens (including phenoxy) is 1. The van der Waals surface area contributed by atoms with E-state index in [9.17, 15) is 8.78 Å². The molecule has 0 saturated heterocycles. The summed E-state index contributed by atoms with van der Waals surface area (Å²) in [7, 11) is 0. The van der Waals surface area contributed by atoms with Gasteiger partial charge in [-0.05, 0) is 36.3 Å². The van der Waals surface area contributed by atoms with Gasteiger partial charge in [-0.2, -0.15) is 0 Å². The molecule has 0 aliphatic heterocycles. The average Bonchev–Trinajstić information content (AvgIpc) is 2.52. The van der Waals surface area contributed by atoms with Gasteiger partial charge in [-0.15, -0.1) is 11.6 Å². The van der Waals surface area contributed by atoms with Crippen LogP contribution in [0.5, 0.6) is 0 Å². The molecule has 1 aliphatic carbocycles. The van der Waals surface area contributed by atoms with E-state index in [1.807, 2.05) is 0 Å². The summed E-state index contributed by atoms with van der Waals surface area (Å²) in [6, 6.07) is 8.46. The number of rotatable bonds is 7. The number of halogens is 3. The molecule has 0 radical (unpaired) electrons. The Bertz CT molecular complexity index is 402. The van der Waals surface area contributed by atoms with Gasteiger partial charge >= 0.3 is 0 Å². The molecule has 0 spiro atoms. The lowest BCUT2D eigenvalue weighted by molar-refractivity contribution is 0.0165. The first-order chi connectivity index (χ1) is 10.2. The van der Waals surface area contributed by atoms with Crippen molar-refractivity contribution in [2.45, 2.75) is 56.2 Å². The van der Waals surface area contributed by atoms with Gasteiger partial charge in [0, 0.05) is 6.61 Å². The molecule has 0 bridgehead atoms. The van der Waals surface area contributed by atoms with E-state index < -0.39 is 13.0 Å². The zero-order chi connectivity index (χ0) is 15.1. The van der Waals surface area contributed by atoms with Crippen LogP contribution in [0, 0.1) is 0 Å². The second-order valence-corrected chi connectivity index (χ2v) is 6.25. The van der Waals surface area contributed by atoms with E-state index in [1.54, 1.807) is 0 Å². The summed E-state index contributed by atoms with van der Waals surface area (Å²) < 4.78 is 28.8. The molecule has 1 nitrogen and oxygen atoms in total. The zero-order valence-electron chi connectivity index (χ0n) is 12.2. The Hall–Kier alpha value is -0.670. The molecule has 0 aromatic heterocycles. The molecular formula is C17H23ClF2O. The monoisotopic (exact) mass is 316 g/mol. The molecule has 1 atom stereocenters. The molecule has 118 valence electrons. The summed E-state index contributed by atoms with van der Waals surface area (Å²) in [6.07, 6.45) is 4.72. The lowest BCUT2D eigenvalue weighted by atomic mass is 9.84. The van der Waals surface area contributed by atoms with Crippen LogP contribution in [0.25, 0.3) is 0 Å². The third-order valence-corrected chi connectivity index (χ3v) is 4.60. The van der Waals surface area contributed by atoms with E-state index in [0.29, 0.717) is 12.3 Å². The highest BCUT2D eigenvalue weighted by Crippen LogP contribution is 2.33. The van der Waals surface area contributed by atoms with E-state index in [-0.39, 0.29) is 12.0 Å². The first-order valence-corrected chi connectivity index (χ1v) is 8.20. The molecule has 1 aromatic rings. The molecule has 1 aliphatic rings. The van der Waals surface area contributed by atoms with Gasteiger partial charge in [0.1, 0.15) is 6.61 Å². The minimum absolute atomic E-state index is 0.178. The highest BCUT2D eigenvalue weighted by atomic mass is 35.5. The second-order valence-electron chi connectivity index (χ2n) is 5.72. The van der Waals surface area contributed by atoms with Crippen LogP contribution < -0.4 is 0 Å². The Morgan fingerprint density at radius 1 is 1.10 bits per heavy atom. The summed E-state index contributed by atoms with van der Waals surface area (Å²) in [5.41, 5.74) is 2.44. The number of hydrogen-bond acceptors (Lipinski definition) is 1. The van der Waals surface area contributed by atoms with E-state index in [4.69, 9.17) is 16.3 Å². The predicted octanol–water partition coefficient (Wildman–Crippen LogP) is 5.69. The molecule has 1 unspecified atom stereocenters. The molecule has 1 saturated carbocycles. The topological polar surface area (TPSA) is 9.23 Å². The minimum Gasteiger partial charge on any atom is -0.375 e. The standard InChI is InChI=1S/C17H23ClF2O/c18-16(10-11-21-12-17(19)20)15-8-6-14(7-9-15)13-4-2-1-3-5-13/h6-9,13,16-17H,1-5,10-12H2. The van der Waals surface area contributed by atoms with Gasteiger partial charge < -0.3 is 4.74 Å². The zero-order valence-corrected chi connectivity index (χ0v) is 13.0. The van der Waals surface area contributed by atoms with Crippen molar-refractivity contribution in [3.05, 3.63) is 35.4 Å². The van der Waals surface area contributed by atoms with E-state index in [1.165, 1.54) is 37.7 Å². The summed E-state index contributed by atoms with van der Waals surface area (Å²) in [5.74, 6) is 0.691. The van der Waals surface area contributed by atoms with Gasteiger partial charge in [0.05, 0.1) is 5.38 Å². The maximum absolute atomic E-state index is 11.9. The fourth-order valence-corrected chi connectivity index (χ4v) is 3.17. The van der Waals surface area contributed by atoms with Gasteiger partial charge in [0.2, 0.25) is 0 Å². The molecule has 0 heterocycles. The molecular weight excluding hydrogens is 294 g/mol. The van der Waals surface area contributed by atoms with E-state index >= 15 is 0 Å². The third-order valence-electron chi connectivity index (χ3n) is 4.13. The molecule has 0 N–H and O–H groups in total. The highest BCUT2D eigenvalue weighted by Gasteiger charge is 2.16. The van der Waals surface area contributed by atoms with E-state index in [0.717, 1.165) is 5.56 Å². The van der Waals surface area contributed by atoms with E-state index in [2.05, 4.69) is 24.3 Å². The Morgan fingerprint density at radius 2 is 1.76 bits per heavy atom. The van der Waals surface area contributed by atoms with Crippen molar-refractivity contribution in [2.24, 2.45) is 0 Å².